The van der Waals surface area contributed by atoms with Gasteiger partial charge in [0.2, 0.25) is 0 Å². The standard InChI is InChI=1S/C17H18O/c1-13(14-5-3-2-4-6-14)15-7-8-17-12-18-10-9-16(17)11-15/h2-8,11,13H,9-10,12H2,1H3. The van der Waals surface area contributed by atoms with E-state index in [0.717, 1.165) is 19.6 Å². The van der Waals surface area contributed by atoms with Gasteiger partial charge in [-0.05, 0) is 28.7 Å². The van der Waals surface area contributed by atoms with Crippen LogP contribution in [0.5, 0.6) is 0 Å². The maximum Gasteiger partial charge on any atom is 0.0719 e. The fourth-order valence-corrected chi connectivity index (χ4v) is 2.59. The zero-order valence-electron chi connectivity index (χ0n) is 10.7. The van der Waals surface area contributed by atoms with Gasteiger partial charge in [-0.1, -0.05) is 55.5 Å². The van der Waals surface area contributed by atoms with Gasteiger partial charge in [0.25, 0.3) is 0 Å². The predicted molar refractivity (Wildman–Crippen MR) is 73.8 cm³/mol. The van der Waals surface area contributed by atoms with Crippen molar-refractivity contribution in [2.75, 3.05) is 6.61 Å². The van der Waals surface area contributed by atoms with Crippen LogP contribution in [0, 0.1) is 0 Å². The average Bonchev–Trinajstić information content (AvgIpc) is 2.47. The molecule has 0 radical (unpaired) electrons. The minimum absolute atomic E-state index is 0.458. The Morgan fingerprint density at radius 2 is 1.78 bits per heavy atom. The molecule has 0 N–H and O–H groups in total. The molecule has 18 heavy (non-hydrogen) atoms. The van der Waals surface area contributed by atoms with E-state index in [9.17, 15) is 0 Å². The lowest BCUT2D eigenvalue weighted by molar-refractivity contribution is 0.110. The van der Waals surface area contributed by atoms with Crippen LogP contribution in [0.1, 0.15) is 35.1 Å². The third kappa shape index (κ3) is 2.19. The van der Waals surface area contributed by atoms with E-state index in [1.807, 2.05) is 0 Å². The summed E-state index contributed by atoms with van der Waals surface area (Å²) in [6.45, 7) is 3.90. The fourth-order valence-electron chi connectivity index (χ4n) is 2.59. The Morgan fingerprint density at radius 1 is 0.944 bits per heavy atom. The van der Waals surface area contributed by atoms with Crippen molar-refractivity contribution in [2.24, 2.45) is 0 Å². The highest BCUT2D eigenvalue weighted by atomic mass is 16.5. The lowest BCUT2D eigenvalue weighted by atomic mass is 9.90. The molecule has 2 aromatic rings. The molecule has 0 bridgehead atoms. The molecule has 1 heteroatoms. The Labute approximate surface area is 108 Å². The number of rotatable bonds is 2. The molecule has 0 amide bonds. The quantitative estimate of drug-likeness (QED) is 0.770. The SMILES string of the molecule is CC(c1ccccc1)c1ccc2c(c1)CCOC2. The molecule has 1 aliphatic heterocycles. The third-order valence-corrected chi connectivity index (χ3v) is 3.80. The van der Waals surface area contributed by atoms with Crippen LogP contribution in [-0.2, 0) is 17.8 Å². The zero-order chi connectivity index (χ0) is 12.4. The summed E-state index contributed by atoms with van der Waals surface area (Å²) < 4.78 is 5.48. The van der Waals surface area contributed by atoms with E-state index >= 15 is 0 Å². The first-order chi connectivity index (χ1) is 8.84. The molecule has 92 valence electrons. The van der Waals surface area contributed by atoms with Crippen molar-refractivity contribution < 1.29 is 4.74 Å². The molecule has 1 atom stereocenters. The summed E-state index contributed by atoms with van der Waals surface area (Å²) in [6.07, 6.45) is 1.05. The van der Waals surface area contributed by atoms with Gasteiger partial charge < -0.3 is 4.74 Å². The van der Waals surface area contributed by atoms with Gasteiger partial charge in [0.15, 0.2) is 0 Å². The van der Waals surface area contributed by atoms with Gasteiger partial charge in [-0.2, -0.15) is 0 Å². The summed E-state index contributed by atoms with van der Waals surface area (Å²) in [7, 11) is 0. The smallest absolute Gasteiger partial charge is 0.0719 e. The monoisotopic (exact) mass is 238 g/mol. The van der Waals surface area contributed by atoms with Gasteiger partial charge in [0, 0.05) is 5.92 Å². The zero-order valence-corrected chi connectivity index (χ0v) is 10.7. The van der Waals surface area contributed by atoms with Crippen LogP contribution >= 0.6 is 0 Å². The fraction of sp³-hybridized carbons (Fsp3) is 0.294. The average molecular weight is 238 g/mol. The van der Waals surface area contributed by atoms with Gasteiger partial charge >= 0.3 is 0 Å². The predicted octanol–water partition coefficient (Wildman–Crippen LogP) is 3.91. The lowest BCUT2D eigenvalue weighted by Crippen LogP contribution is -2.10. The number of hydrogen-bond donors (Lipinski definition) is 0. The van der Waals surface area contributed by atoms with Crippen molar-refractivity contribution in [3.8, 4) is 0 Å². The Hall–Kier alpha value is -1.60. The number of benzene rings is 2. The van der Waals surface area contributed by atoms with Crippen molar-refractivity contribution in [1.82, 2.24) is 0 Å². The molecule has 1 aliphatic rings. The molecule has 0 fully saturated rings. The maximum atomic E-state index is 5.48. The van der Waals surface area contributed by atoms with Crippen LogP contribution in [0.25, 0.3) is 0 Å². The molecular weight excluding hydrogens is 220 g/mol. The van der Waals surface area contributed by atoms with Crippen molar-refractivity contribution in [2.45, 2.75) is 25.9 Å². The molecule has 0 aliphatic carbocycles. The highest BCUT2D eigenvalue weighted by Crippen LogP contribution is 2.27. The van der Waals surface area contributed by atoms with Crippen molar-refractivity contribution >= 4 is 0 Å². The summed E-state index contributed by atoms with van der Waals surface area (Å²) >= 11 is 0. The highest BCUT2D eigenvalue weighted by Gasteiger charge is 2.13. The maximum absolute atomic E-state index is 5.48. The molecule has 1 heterocycles. The van der Waals surface area contributed by atoms with E-state index < -0.39 is 0 Å². The van der Waals surface area contributed by atoms with Crippen LogP contribution in [0.4, 0.5) is 0 Å². The van der Waals surface area contributed by atoms with Crippen LogP contribution in [-0.4, -0.2) is 6.61 Å². The van der Waals surface area contributed by atoms with Gasteiger partial charge in [0.1, 0.15) is 0 Å². The minimum atomic E-state index is 0.458. The summed E-state index contributed by atoms with van der Waals surface area (Å²) in [4.78, 5) is 0. The Balaban J connectivity index is 1.93. The third-order valence-electron chi connectivity index (χ3n) is 3.80. The van der Waals surface area contributed by atoms with E-state index in [0.29, 0.717) is 5.92 Å². The molecule has 3 rings (SSSR count). The topological polar surface area (TPSA) is 9.23 Å². The van der Waals surface area contributed by atoms with Crippen molar-refractivity contribution in [3.63, 3.8) is 0 Å². The van der Waals surface area contributed by atoms with E-state index in [1.165, 1.54) is 22.3 Å². The lowest BCUT2D eigenvalue weighted by Gasteiger charge is -2.19. The van der Waals surface area contributed by atoms with Gasteiger partial charge in [0.05, 0.1) is 13.2 Å². The summed E-state index contributed by atoms with van der Waals surface area (Å²) in [6, 6.07) is 17.5. The van der Waals surface area contributed by atoms with E-state index in [1.54, 1.807) is 0 Å². The largest absolute Gasteiger partial charge is 0.376 e. The highest BCUT2D eigenvalue weighted by molar-refractivity contribution is 5.38. The Morgan fingerprint density at radius 3 is 2.61 bits per heavy atom. The van der Waals surface area contributed by atoms with Crippen LogP contribution in [0.3, 0.4) is 0 Å². The second-order valence-corrected chi connectivity index (χ2v) is 4.96. The number of ether oxygens (including phenoxy) is 1. The van der Waals surface area contributed by atoms with Crippen molar-refractivity contribution in [1.29, 1.82) is 0 Å². The van der Waals surface area contributed by atoms with E-state index in [2.05, 4.69) is 55.5 Å². The van der Waals surface area contributed by atoms with E-state index in [-0.39, 0.29) is 0 Å². The second-order valence-electron chi connectivity index (χ2n) is 4.96. The molecule has 2 aromatic carbocycles. The Kier molecular flexibility index (Phi) is 3.16. The summed E-state index contributed by atoms with van der Waals surface area (Å²) in [5.74, 6) is 0.458. The molecule has 0 saturated heterocycles. The first-order valence-electron chi connectivity index (χ1n) is 6.59. The molecule has 0 aromatic heterocycles. The molecular formula is C17H18O. The molecule has 1 nitrogen and oxygen atoms in total. The number of fused-ring (bicyclic) bond motifs is 1. The minimum Gasteiger partial charge on any atom is -0.376 e. The second kappa shape index (κ2) is 4.95. The van der Waals surface area contributed by atoms with E-state index in [4.69, 9.17) is 4.74 Å². The van der Waals surface area contributed by atoms with Gasteiger partial charge in [-0.3, -0.25) is 0 Å². The van der Waals surface area contributed by atoms with Crippen LogP contribution < -0.4 is 0 Å². The Bertz CT molecular complexity index is 531. The molecule has 0 saturated carbocycles. The summed E-state index contributed by atoms with van der Waals surface area (Å²) in [5.41, 5.74) is 5.60. The number of hydrogen-bond acceptors (Lipinski definition) is 1. The molecule has 0 spiro atoms. The summed E-state index contributed by atoms with van der Waals surface area (Å²) in [5, 5.41) is 0. The van der Waals surface area contributed by atoms with Gasteiger partial charge in [-0.15, -0.1) is 0 Å². The normalized spacial score (nSPS) is 16.1. The first kappa shape index (κ1) is 11.5. The van der Waals surface area contributed by atoms with Crippen molar-refractivity contribution in [3.05, 3.63) is 70.8 Å². The molecule has 1 unspecified atom stereocenters. The first-order valence-corrected chi connectivity index (χ1v) is 6.59. The van der Waals surface area contributed by atoms with Crippen LogP contribution in [0.15, 0.2) is 48.5 Å². The van der Waals surface area contributed by atoms with Crippen LogP contribution in [0.2, 0.25) is 0 Å². The van der Waals surface area contributed by atoms with Gasteiger partial charge in [-0.25, -0.2) is 0 Å².